The SMILES string of the molecule is CC[C@H]1C[C@@H](CCC[Si](C)(C)C)[C@@H](O)C1. The van der Waals surface area contributed by atoms with E-state index in [1.165, 1.54) is 31.7 Å². The molecule has 0 aromatic rings. The molecule has 15 heavy (non-hydrogen) atoms. The van der Waals surface area contributed by atoms with Gasteiger partial charge in [-0.1, -0.05) is 45.5 Å². The zero-order valence-electron chi connectivity index (χ0n) is 10.9. The van der Waals surface area contributed by atoms with Crippen LogP contribution in [0, 0.1) is 11.8 Å². The van der Waals surface area contributed by atoms with E-state index < -0.39 is 8.07 Å². The molecule has 0 bridgehead atoms. The van der Waals surface area contributed by atoms with Crippen molar-refractivity contribution in [2.45, 2.75) is 70.8 Å². The number of aliphatic hydroxyl groups is 1. The van der Waals surface area contributed by atoms with Crippen LogP contribution in [0.3, 0.4) is 0 Å². The van der Waals surface area contributed by atoms with Gasteiger partial charge in [-0.2, -0.15) is 0 Å². The summed E-state index contributed by atoms with van der Waals surface area (Å²) in [4.78, 5) is 0. The normalized spacial score (nSPS) is 32.2. The third-order valence-electron chi connectivity index (χ3n) is 3.83. The standard InChI is InChI=1S/C13H28OSi/c1-5-11-9-12(13(14)10-11)7-6-8-15(2,3)4/h11-14H,5-10H2,1-4H3/t11-,12+,13-/m0/s1. The lowest BCUT2D eigenvalue weighted by Crippen LogP contribution is -2.20. The van der Waals surface area contributed by atoms with E-state index in [-0.39, 0.29) is 6.10 Å². The molecule has 0 unspecified atom stereocenters. The van der Waals surface area contributed by atoms with Gasteiger partial charge in [-0.15, -0.1) is 0 Å². The summed E-state index contributed by atoms with van der Waals surface area (Å²) in [6.07, 6.45) is 6.21. The van der Waals surface area contributed by atoms with Gasteiger partial charge in [-0.3, -0.25) is 0 Å². The largest absolute Gasteiger partial charge is 0.393 e. The molecule has 1 rings (SSSR count). The van der Waals surface area contributed by atoms with Gasteiger partial charge in [0.05, 0.1) is 6.10 Å². The van der Waals surface area contributed by atoms with Gasteiger partial charge in [0.1, 0.15) is 0 Å². The van der Waals surface area contributed by atoms with Crippen LogP contribution in [-0.2, 0) is 0 Å². The van der Waals surface area contributed by atoms with E-state index >= 15 is 0 Å². The average molecular weight is 228 g/mol. The summed E-state index contributed by atoms with van der Waals surface area (Å²) >= 11 is 0. The van der Waals surface area contributed by atoms with Gasteiger partial charge in [-0.05, 0) is 31.1 Å². The number of rotatable bonds is 5. The minimum absolute atomic E-state index is 0.0107. The molecule has 1 N–H and O–H groups in total. The highest BCUT2D eigenvalue weighted by atomic mass is 28.3. The van der Waals surface area contributed by atoms with E-state index in [0.29, 0.717) is 5.92 Å². The molecule has 0 amide bonds. The van der Waals surface area contributed by atoms with Crippen LogP contribution in [-0.4, -0.2) is 19.3 Å². The van der Waals surface area contributed by atoms with Gasteiger partial charge in [-0.25, -0.2) is 0 Å². The van der Waals surface area contributed by atoms with Crippen LogP contribution in [0.15, 0.2) is 0 Å². The van der Waals surface area contributed by atoms with Gasteiger partial charge < -0.3 is 5.11 Å². The van der Waals surface area contributed by atoms with Gasteiger partial charge >= 0.3 is 0 Å². The second-order valence-corrected chi connectivity index (χ2v) is 12.1. The first-order valence-corrected chi connectivity index (χ1v) is 10.3. The minimum atomic E-state index is -0.858. The Hall–Kier alpha value is 0.177. The predicted molar refractivity (Wildman–Crippen MR) is 69.9 cm³/mol. The molecular formula is C13H28OSi. The molecule has 1 aliphatic carbocycles. The van der Waals surface area contributed by atoms with E-state index in [1.54, 1.807) is 0 Å². The van der Waals surface area contributed by atoms with E-state index in [2.05, 4.69) is 26.6 Å². The lowest BCUT2D eigenvalue weighted by Gasteiger charge is -2.18. The second-order valence-electron chi connectivity index (χ2n) is 6.53. The van der Waals surface area contributed by atoms with Crippen LogP contribution in [0.25, 0.3) is 0 Å². The zero-order valence-corrected chi connectivity index (χ0v) is 11.9. The lowest BCUT2D eigenvalue weighted by atomic mass is 9.98. The summed E-state index contributed by atoms with van der Waals surface area (Å²) in [7, 11) is -0.858. The molecule has 3 atom stereocenters. The quantitative estimate of drug-likeness (QED) is 0.708. The highest BCUT2D eigenvalue weighted by molar-refractivity contribution is 6.76. The highest BCUT2D eigenvalue weighted by Crippen LogP contribution is 2.36. The Bertz CT molecular complexity index is 185. The maximum Gasteiger partial charge on any atom is 0.0571 e. The van der Waals surface area contributed by atoms with Crippen LogP contribution >= 0.6 is 0 Å². The highest BCUT2D eigenvalue weighted by Gasteiger charge is 2.31. The average Bonchev–Trinajstić information content (AvgIpc) is 2.45. The first-order valence-electron chi connectivity index (χ1n) is 6.60. The Morgan fingerprint density at radius 3 is 2.33 bits per heavy atom. The van der Waals surface area contributed by atoms with Crippen LogP contribution in [0.1, 0.15) is 39.0 Å². The van der Waals surface area contributed by atoms with Crippen molar-refractivity contribution in [2.75, 3.05) is 0 Å². The summed E-state index contributed by atoms with van der Waals surface area (Å²) in [5.41, 5.74) is 0. The molecule has 0 aromatic carbocycles. The number of hydrogen-bond acceptors (Lipinski definition) is 1. The van der Waals surface area contributed by atoms with Gasteiger partial charge in [0, 0.05) is 8.07 Å². The van der Waals surface area contributed by atoms with Crippen LogP contribution < -0.4 is 0 Å². The fourth-order valence-corrected chi connectivity index (χ4v) is 4.02. The fourth-order valence-electron chi connectivity index (χ4n) is 2.75. The molecule has 0 aliphatic heterocycles. The predicted octanol–water partition coefficient (Wildman–Crippen LogP) is 3.90. The Kier molecular flexibility index (Phi) is 4.85. The van der Waals surface area contributed by atoms with Crippen molar-refractivity contribution in [1.29, 1.82) is 0 Å². The molecule has 0 aromatic heterocycles. The molecule has 0 radical (unpaired) electrons. The summed E-state index contributed by atoms with van der Waals surface area (Å²) in [6, 6.07) is 1.42. The smallest absolute Gasteiger partial charge is 0.0571 e. The molecule has 1 nitrogen and oxygen atoms in total. The maximum atomic E-state index is 9.93. The molecule has 1 aliphatic rings. The van der Waals surface area contributed by atoms with E-state index in [4.69, 9.17) is 0 Å². The molecular weight excluding hydrogens is 200 g/mol. The first kappa shape index (κ1) is 13.2. The Balaban J connectivity index is 2.22. The Morgan fingerprint density at radius 1 is 1.20 bits per heavy atom. The summed E-state index contributed by atoms with van der Waals surface area (Å²) < 4.78 is 0. The van der Waals surface area contributed by atoms with Crippen molar-refractivity contribution in [2.24, 2.45) is 11.8 Å². The van der Waals surface area contributed by atoms with Crippen molar-refractivity contribution in [3.8, 4) is 0 Å². The third-order valence-corrected chi connectivity index (χ3v) is 5.69. The fraction of sp³-hybridized carbons (Fsp3) is 1.00. The van der Waals surface area contributed by atoms with Crippen molar-refractivity contribution >= 4 is 8.07 Å². The summed E-state index contributed by atoms with van der Waals surface area (Å²) in [6.45, 7) is 9.56. The Morgan fingerprint density at radius 2 is 1.87 bits per heavy atom. The Labute approximate surface area is 96.3 Å². The lowest BCUT2D eigenvalue weighted by molar-refractivity contribution is 0.126. The van der Waals surface area contributed by atoms with E-state index in [9.17, 15) is 5.11 Å². The van der Waals surface area contributed by atoms with Crippen LogP contribution in [0.5, 0.6) is 0 Å². The molecule has 0 heterocycles. The number of aliphatic hydroxyl groups excluding tert-OH is 1. The third kappa shape index (κ3) is 4.69. The first-order chi connectivity index (χ1) is 6.92. The summed E-state index contributed by atoms with van der Waals surface area (Å²) in [5.74, 6) is 1.42. The molecule has 1 fully saturated rings. The minimum Gasteiger partial charge on any atom is -0.393 e. The van der Waals surface area contributed by atoms with Crippen molar-refractivity contribution < 1.29 is 5.11 Å². The summed E-state index contributed by atoms with van der Waals surface area (Å²) in [5, 5.41) is 9.93. The van der Waals surface area contributed by atoms with Crippen molar-refractivity contribution in [3.05, 3.63) is 0 Å². The second kappa shape index (κ2) is 5.49. The van der Waals surface area contributed by atoms with Gasteiger partial charge in [0.15, 0.2) is 0 Å². The van der Waals surface area contributed by atoms with Gasteiger partial charge in [0.2, 0.25) is 0 Å². The molecule has 2 heteroatoms. The topological polar surface area (TPSA) is 20.2 Å². The zero-order chi connectivity index (χ0) is 11.5. The maximum absolute atomic E-state index is 9.93. The monoisotopic (exact) mass is 228 g/mol. The van der Waals surface area contributed by atoms with Crippen LogP contribution in [0.2, 0.25) is 25.7 Å². The van der Waals surface area contributed by atoms with Gasteiger partial charge in [0.25, 0.3) is 0 Å². The van der Waals surface area contributed by atoms with Crippen molar-refractivity contribution in [1.82, 2.24) is 0 Å². The molecule has 1 saturated carbocycles. The molecule has 0 saturated heterocycles. The van der Waals surface area contributed by atoms with Crippen LogP contribution in [0.4, 0.5) is 0 Å². The van der Waals surface area contributed by atoms with E-state index in [0.717, 1.165) is 12.3 Å². The number of hydrogen-bond donors (Lipinski definition) is 1. The molecule has 90 valence electrons. The molecule has 0 spiro atoms. The van der Waals surface area contributed by atoms with E-state index in [1.807, 2.05) is 0 Å². The van der Waals surface area contributed by atoms with Crippen molar-refractivity contribution in [3.63, 3.8) is 0 Å².